The third-order valence-corrected chi connectivity index (χ3v) is 6.63. The lowest BCUT2D eigenvalue weighted by Gasteiger charge is -2.22. The highest BCUT2D eigenvalue weighted by Gasteiger charge is 2.48. The highest BCUT2D eigenvalue weighted by Crippen LogP contribution is 2.36. The van der Waals surface area contributed by atoms with E-state index in [2.05, 4.69) is 5.32 Å². The second-order valence-electron chi connectivity index (χ2n) is 6.99. The van der Waals surface area contributed by atoms with Crippen LogP contribution in [-0.4, -0.2) is 43.9 Å². The molecule has 1 atom stereocenters. The molecule has 1 heterocycles. The molecule has 1 aromatic rings. The predicted octanol–water partition coefficient (Wildman–Crippen LogP) is 3.32. The summed E-state index contributed by atoms with van der Waals surface area (Å²) >= 11 is 0. The molecule has 1 saturated carbocycles. The third kappa shape index (κ3) is 4.04. The summed E-state index contributed by atoms with van der Waals surface area (Å²) in [6, 6.07) is 1.84. The predicted molar refractivity (Wildman–Crippen MR) is 90.2 cm³/mol. The van der Waals surface area contributed by atoms with E-state index in [1.165, 1.54) is 0 Å². The van der Waals surface area contributed by atoms with Gasteiger partial charge in [-0.2, -0.15) is 13.2 Å². The molecule has 1 aromatic carbocycles. The molecule has 150 valence electrons. The Morgan fingerprint density at radius 3 is 2.44 bits per heavy atom. The number of amides is 1. The van der Waals surface area contributed by atoms with Crippen LogP contribution in [-0.2, 0) is 14.6 Å². The van der Waals surface area contributed by atoms with Gasteiger partial charge in [0.1, 0.15) is 10.7 Å². The molecule has 2 fully saturated rings. The van der Waals surface area contributed by atoms with Gasteiger partial charge in [-0.25, -0.2) is 12.8 Å². The maximum absolute atomic E-state index is 13.4. The molecule has 0 spiro atoms. The van der Waals surface area contributed by atoms with Crippen LogP contribution < -0.4 is 5.32 Å². The lowest BCUT2D eigenvalue weighted by Crippen LogP contribution is -2.35. The summed E-state index contributed by atoms with van der Waals surface area (Å²) in [6.07, 6.45) is 4.19. The Bertz CT molecular complexity index is 820. The van der Waals surface area contributed by atoms with Gasteiger partial charge >= 0.3 is 5.51 Å². The van der Waals surface area contributed by atoms with Crippen molar-refractivity contribution in [2.45, 2.75) is 48.5 Å². The number of likely N-dealkylation sites (tertiary alicyclic amines) is 1. The second-order valence-corrected chi connectivity index (χ2v) is 8.89. The lowest BCUT2D eigenvalue weighted by molar-refractivity contribution is -0.134. The summed E-state index contributed by atoms with van der Waals surface area (Å²) in [5.41, 5.74) is -5.84. The molecule has 27 heavy (non-hydrogen) atoms. The van der Waals surface area contributed by atoms with Crippen LogP contribution in [0.3, 0.4) is 0 Å². The van der Waals surface area contributed by atoms with Crippen LogP contribution >= 0.6 is 0 Å². The zero-order valence-electron chi connectivity index (χ0n) is 14.4. The molecule has 0 aromatic heterocycles. The highest BCUT2D eigenvalue weighted by atomic mass is 32.2. The van der Waals surface area contributed by atoms with E-state index in [1.54, 1.807) is 4.90 Å². The Morgan fingerprint density at radius 1 is 1.15 bits per heavy atom. The van der Waals surface area contributed by atoms with Crippen molar-refractivity contribution in [2.75, 3.05) is 18.4 Å². The first-order chi connectivity index (χ1) is 12.6. The smallest absolute Gasteiger partial charge is 0.379 e. The zero-order valence-corrected chi connectivity index (χ0v) is 15.2. The molecular weight excluding hydrogens is 388 g/mol. The lowest BCUT2D eigenvalue weighted by atomic mass is 10.1. The number of carbonyl (C=O) groups is 1. The number of hydrogen-bond donors (Lipinski definition) is 1. The summed E-state index contributed by atoms with van der Waals surface area (Å²) in [6.45, 7) is 0.730. The number of rotatable bonds is 4. The summed E-state index contributed by atoms with van der Waals surface area (Å²) < 4.78 is 75.6. The zero-order chi connectivity index (χ0) is 19.8. The third-order valence-electron chi connectivity index (χ3n) is 5.10. The van der Waals surface area contributed by atoms with Gasteiger partial charge in [0.2, 0.25) is 5.91 Å². The Kier molecular flexibility index (Phi) is 5.38. The van der Waals surface area contributed by atoms with Gasteiger partial charge in [0.05, 0.1) is 5.69 Å². The molecule has 5 nitrogen and oxygen atoms in total. The molecule has 1 saturated heterocycles. The first-order valence-corrected chi connectivity index (χ1v) is 10.2. The molecule has 1 N–H and O–H groups in total. The maximum atomic E-state index is 13.4. The van der Waals surface area contributed by atoms with Crippen LogP contribution in [0.15, 0.2) is 23.1 Å². The molecular formula is C17H20F4N2O3S. The summed E-state index contributed by atoms with van der Waals surface area (Å²) in [7, 11) is -5.70. The van der Waals surface area contributed by atoms with E-state index in [9.17, 15) is 30.8 Å². The number of sulfone groups is 1. The van der Waals surface area contributed by atoms with Crippen molar-refractivity contribution < 1.29 is 30.8 Å². The Labute approximate surface area is 154 Å². The standard InChI is InChI=1S/C17H20F4N2O3S/c18-12-5-6-14(15(9-12)27(25,26)17(19,20)21)22-13-7-8-23(10-13)16(24)11-3-1-2-4-11/h5-6,9,11,13,22H,1-4,7-8,10H2. The molecule has 1 unspecified atom stereocenters. The first kappa shape index (κ1) is 19.9. The van der Waals surface area contributed by atoms with Crippen molar-refractivity contribution in [2.24, 2.45) is 5.92 Å². The van der Waals surface area contributed by atoms with Crippen molar-refractivity contribution in [1.29, 1.82) is 0 Å². The fourth-order valence-corrected chi connectivity index (χ4v) is 4.63. The van der Waals surface area contributed by atoms with Crippen LogP contribution in [0, 0.1) is 11.7 Å². The van der Waals surface area contributed by atoms with E-state index in [0.29, 0.717) is 19.0 Å². The van der Waals surface area contributed by atoms with Crippen LogP contribution in [0.5, 0.6) is 0 Å². The average molecular weight is 408 g/mol. The van der Waals surface area contributed by atoms with E-state index in [1.807, 2.05) is 0 Å². The fraction of sp³-hybridized carbons (Fsp3) is 0.588. The topological polar surface area (TPSA) is 66.5 Å². The van der Waals surface area contributed by atoms with Crippen molar-refractivity contribution in [3.63, 3.8) is 0 Å². The number of halogens is 4. The second kappa shape index (κ2) is 7.29. The average Bonchev–Trinajstić information content (AvgIpc) is 3.26. The number of alkyl halides is 3. The number of nitrogens with one attached hydrogen (secondary N) is 1. The molecule has 1 aliphatic carbocycles. The minimum absolute atomic E-state index is 0.00395. The number of anilines is 1. The molecule has 0 bridgehead atoms. The van der Waals surface area contributed by atoms with Crippen LogP contribution in [0.4, 0.5) is 23.2 Å². The van der Waals surface area contributed by atoms with Gasteiger partial charge < -0.3 is 10.2 Å². The first-order valence-electron chi connectivity index (χ1n) is 8.76. The Morgan fingerprint density at radius 2 is 1.81 bits per heavy atom. The maximum Gasteiger partial charge on any atom is 0.501 e. The van der Waals surface area contributed by atoms with E-state index in [0.717, 1.165) is 37.8 Å². The Hall–Kier alpha value is -1.84. The van der Waals surface area contributed by atoms with E-state index in [4.69, 9.17) is 0 Å². The Balaban J connectivity index is 1.76. The van der Waals surface area contributed by atoms with E-state index < -0.39 is 32.1 Å². The van der Waals surface area contributed by atoms with E-state index in [-0.39, 0.29) is 24.1 Å². The number of benzene rings is 1. The van der Waals surface area contributed by atoms with Gasteiger partial charge in [0.15, 0.2) is 0 Å². The van der Waals surface area contributed by atoms with Gasteiger partial charge in [0.25, 0.3) is 9.84 Å². The SMILES string of the molecule is O=C(C1CCCC1)N1CCC(Nc2ccc(F)cc2S(=O)(=O)C(F)(F)F)C1. The van der Waals surface area contributed by atoms with Crippen molar-refractivity contribution in [3.8, 4) is 0 Å². The fourth-order valence-electron chi connectivity index (χ4n) is 3.69. The minimum Gasteiger partial charge on any atom is -0.379 e. The van der Waals surface area contributed by atoms with Gasteiger partial charge in [-0.1, -0.05) is 12.8 Å². The van der Waals surface area contributed by atoms with E-state index >= 15 is 0 Å². The molecule has 10 heteroatoms. The van der Waals surface area contributed by atoms with Crippen molar-refractivity contribution in [1.82, 2.24) is 4.90 Å². The normalized spacial score (nSPS) is 21.6. The molecule has 0 radical (unpaired) electrons. The number of hydrogen-bond acceptors (Lipinski definition) is 4. The van der Waals surface area contributed by atoms with Crippen LogP contribution in [0.25, 0.3) is 0 Å². The van der Waals surface area contributed by atoms with Gasteiger partial charge in [-0.3, -0.25) is 4.79 Å². The van der Waals surface area contributed by atoms with Crippen molar-refractivity contribution >= 4 is 21.4 Å². The van der Waals surface area contributed by atoms with Crippen LogP contribution in [0.2, 0.25) is 0 Å². The van der Waals surface area contributed by atoms with Gasteiger partial charge in [0, 0.05) is 25.0 Å². The largest absolute Gasteiger partial charge is 0.501 e. The minimum atomic E-state index is -5.70. The van der Waals surface area contributed by atoms with Gasteiger partial charge in [-0.15, -0.1) is 0 Å². The summed E-state index contributed by atoms with van der Waals surface area (Å²) in [4.78, 5) is 13.0. The van der Waals surface area contributed by atoms with Crippen LogP contribution in [0.1, 0.15) is 32.1 Å². The monoisotopic (exact) mass is 408 g/mol. The summed E-state index contributed by atoms with van der Waals surface area (Å²) in [5, 5.41) is 2.75. The molecule has 2 aliphatic rings. The highest BCUT2D eigenvalue weighted by molar-refractivity contribution is 7.92. The summed E-state index contributed by atoms with van der Waals surface area (Å²) in [5.74, 6) is -1.04. The number of nitrogens with zero attached hydrogens (tertiary/aromatic N) is 1. The molecule has 1 aliphatic heterocycles. The quantitative estimate of drug-likeness (QED) is 0.777. The number of carbonyl (C=O) groups excluding carboxylic acids is 1. The van der Waals surface area contributed by atoms with Crippen molar-refractivity contribution in [3.05, 3.63) is 24.0 Å². The molecule has 1 amide bonds. The van der Waals surface area contributed by atoms with Gasteiger partial charge in [-0.05, 0) is 37.5 Å². The molecule has 3 rings (SSSR count).